The molecule has 3 atom stereocenters. The van der Waals surface area contributed by atoms with E-state index >= 15 is 0 Å². The highest BCUT2D eigenvalue weighted by Gasteiger charge is 2.37. The highest BCUT2D eigenvalue weighted by atomic mass is 16.5. The standard InChI is InChI=1S/C18H25N5O2/c1-2-14-9-15(3-4-19-14)20-10-13-7-12(8-16(13)24)18-22-21-17-11-25-6-5-23(17)18/h3-4,9,12-13,16,24H,2,5-8,10-11H2,1H3,(H,19,20)/t12-,13+,16+/m0/s1. The first kappa shape index (κ1) is 16.5. The fourth-order valence-corrected chi connectivity index (χ4v) is 3.88. The monoisotopic (exact) mass is 343 g/mol. The van der Waals surface area contributed by atoms with Crippen LogP contribution >= 0.6 is 0 Å². The number of nitrogens with zero attached hydrogens (tertiary/aromatic N) is 4. The fourth-order valence-electron chi connectivity index (χ4n) is 3.88. The van der Waals surface area contributed by atoms with Gasteiger partial charge in [-0.3, -0.25) is 4.98 Å². The van der Waals surface area contributed by atoms with Gasteiger partial charge in [-0.25, -0.2) is 0 Å². The number of nitrogens with one attached hydrogen (secondary N) is 1. The molecule has 2 aromatic heterocycles. The number of hydrogen-bond donors (Lipinski definition) is 2. The van der Waals surface area contributed by atoms with Gasteiger partial charge < -0.3 is 19.7 Å². The summed E-state index contributed by atoms with van der Waals surface area (Å²) in [6.45, 7) is 4.91. The number of rotatable bonds is 5. The molecule has 4 rings (SSSR count). The van der Waals surface area contributed by atoms with Crippen molar-refractivity contribution in [3.63, 3.8) is 0 Å². The minimum atomic E-state index is -0.308. The highest BCUT2D eigenvalue weighted by molar-refractivity contribution is 5.43. The van der Waals surface area contributed by atoms with Crippen LogP contribution in [0.1, 0.15) is 43.0 Å². The van der Waals surface area contributed by atoms with Gasteiger partial charge in [-0.1, -0.05) is 6.92 Å². The van der Waals surface area contributed by atoms with Gasteiger partial charge in [0, 0.05) is 42.5 Å². The molecule has 0 unspecified atom stereocenters. The Morgan fingerprint density at radius 2 is 2.28 bits per heavy atom. The molecular weight excluding hydrogens is 318 g/mol. The Hall–Kier alpha value is -1.99. The maximum absolute atomic E-state index is 10.5. The topological polar surface area (TPSA) is 85.1 Å². The SMILES string of the molecule is CCc1cc(NC[C@H]2C[C@H](c3nnc4n3CCOC4)C[C@H]2O)ccn1. The number of aliphatic hydroxyl groups excluding tert-OH is 1. The van der Waals surface area contributed by atoms with Gasteiger partial charge in [0.1, 0.15) is 12.4 Å². The van der Waals surface area contributed by atoms with E-state index < -0.39 is 0 Å². The van der Waals surface area contributed by atoms with Gasteiger partial charge in [-0.05, 0) is 31.4 Å². The van der Waals surface area contributed by atoms with Crippen molar-refractivity contribution in [1.29, 1.82) is 0 Å². The van der Waals surface area contributed by atoms with Gasteiger partial charge >= 0.3 is 0 Å². The van der Waals surface area contributed by atoms with E-state index in [1.807, 2.05) is 12.3 Å². The van der Waals surface area contributed by atoms with E-state index in [1.54, 1.807) is 0 Å². The second kappa shape index (κ2) is 7.09. The predicted molar refractivity (Wildman–Crippen MR) is 93.3 cm³/mol. The molecule has 1 aliphatic heterocycles. The zero-order valence-corrected chi connectivity index (χ0v) is 14.6. The first-order valence-electron chi connectivity index (χ1n) is 9.11. The second-order valence-electron chi connectivity index (χ2n) is 6.94. The third-order valence-corrected chi connectivity index (χ3v) is 5.32. The van der Waals surface area contributed by atoms with Crippen molar-refractivity contribution in [1.82, 2.24) is 19.7 Å². The van der Waals surface area contributed by atoms with Crippen LogP contribution < -0.4 is 5.32 Å². The van der Waals surface area contributed by atoms with Crippen LogP contribution in [0.2, 0.25) is 0 Å². The van der Waals surface area contributed by atoms with Crippen molar-refractivity contribution in [2.75, 3.05) is 18.5 Å². The lowest BCUT2D eigenvalue weighted by Gasteiger charge is -2.18. The van der Waals surface area contributed by atoms with E-state index in [0.29, 0.717) is 13.2 Å². The van der Waals surface area contributed by atoms with Crippen LogP contribution in [0.15, 0.2) is 18.3 Å². The van der Waals surface area contributed by atoms with Crippen LogP contribution in [0, 0.1) is 5.92 Å². The molecule has 0 saturated heterocycles. The van der Waals surface area contributed by atoms with E-state index in [9.17, 15) is 5.11 Å². The maximum Gasteiger partial charge on any atom is 0.159 e. The molecule has 2 N–H and O–H groups in total. The second-order valence-corrected chi connectivity index (χ2v) is 6.94. The molecule has 0 aromatic carbocycles. The summed E-state index contributed by atoms with van der Waals surface area (Å²) in [5, 5.41) is 22.6. The van der Waals surface area contributed by atoms with Crippen LogP contribution in [-0.2, 0) is 24.3 Å². The molecule has 2 aliphatic rings. The van der Waals surface area contributed by atoms with Crippen molar-refractivity contribution in [2.24, 2.45) is 5.92 Å². The lowest BCUT2D eigenvalue weighted by Crippen LogP contribution is -2.22. The minimum Gasteiger partial charge on any atom is -0.393 e. The van der Waals surface area contributed by atoms with Gasteiger partial charge in [-0.15, -0.1) is 10.2 Å². The average Bonchev–Trinajstić information content (AvgIpc) is 3.23. The molecular formula is C18H25N5O2. The molecule has 3 heterocycles. The molecule has 1 fully saturated rings. The van der Waals surface area contributed by atoms with Crippen molar-refractivity contribution in [3.8, 4) is 0 Å². The smallest absolute Gasteiger partial charge is 0.159 e. The normalized spacial score (nSPS) is 25.8. The van der Waals surface area contributed by atoms with Gasteiger partial charge in [0.25, 0.3) is 0 Å². The van der Waals surface area contributed by atoms with Crippen LogP contribution in [0.3, 0.4) is 0 Å². The lowest BCUT2D eigenvalue weighted by molar-refractivity contribution is 0.0801. The summed E-state index contributed by atoms with van der Waals surface area (Å²) in [5.74, 6) is 2.40. The van der Waals surface area contributed by atoms with Crippen molar-refractivity contribution < 1.29 is 9.84 Å². The van der Waals surface area contributed by atoms with Crippen LogP contribution in [0.5, 0.6) is 0 Å². The molecule has 1 aliphatic carbocycles. The van der Waals surface area contributed by atoms with E-state index in [-0.39, 0.29) is 17.9 Å². The highest BCUT2D eigenvalue weighted by Crippen LogP contribution is 2.38. The molecule has 25 heavy (non-hydrogen) atoms. The van der Waals surface area contributed by atoms with Gasteiger partial charge in [0.05, 0.1) is 12.7 Å². The quantitative estimate of drug-likeness (QED) is 0.860. The van der Waals surface area contributed by atoms with Crippen molar-refractivity contribution >= 4 is 5.69 Å². The van der Waals surface area contributed by atoms with E-state index in [4.69, 9.17) is 4.74 Å². The average molecular weight is 343 g/mol. The number of hydrogen-bond acceptors (Lipinski definition) is 6. The molecule has 1 saturated carbocycles. The van der Waals surface area contributed by atoms with Crippen molar-refractivity contribution in [2.45, 2.75) is 51.4 Å². The zero-order chi connectivity index (χ0) is 17.2. The van der Waals surface area contributed by atoms with Gasteiger partial charge in [-0.2, -0.15) is 0 Å². The first-order chi connectivity index (χ1) is 12.2. The van der Waals surface area contributed by atoms with E-state index in [1.165, 1.54) is 0 Å². The Morgan fingerprint density at radius 1 is 1.36 bits per heavy atom. The summed E-state index contributed by atoms with van der Waals surface area (Å²) in [5.41, 5.74) is 2.15. The van der Waals surface area contributed by atoms with Gasteiger partial charge in [0.15, 0.2) is 5.82 Å². The summed E-state index contributed by atoms with van der Waals surface area (Å²) in [6, 6.07) is 4.06. The number of aliphatic hydroxyl groups is 1. The number of aromatic nitrogens is 4. The number of ether oxygens (including phenoxy) is 1. The van der Waals surface area contributed by atoms with Crippen LogP contribution in [0.4, 0.5) is 5.69 Å². The Bertz CT molecular complexity index is 732. The molecule has 7 heteroatoms. The summed E-state index contributed by atoms with van der Waals surface area (Å²) >= 11 is 0. The Kier molecular flexibility index (Phi) is 4.67. The molecule has 0 radical (unpaired) electrons. The number of aryl methyl sites for hydroxylation is 1. The van der Waals surface area contributed by atoms with Crippen LogP contribution in [0.25, 0.3) is 0 Å². The summed E-state index contributed by atoms with van der Waals surface area (Å²) in [6.07, 6.45) is 4.13. The van der Waals surface area contributed by atoms with Gasteiger partial charge in [0.2, 0.25) is 0 Å². The molecule has 0 bridgehead atoms. The summed E-state index contributed by atoms with van der Waals surface area (Å²) < 4.78 is 7.61. The molecule has 2 aromatic rings. The van der Waals surface area contributed by atoms with E-state index in [0.717, 1.165) is 55.4 Å². The number of anilines is 1. The lowest BCUT2D eigenvalue weighted by atomic mass is 10.0. The predicted octanol–water partition coefficient (Wildman–Crippen LogP) is 1.73. The molecule has 7 nitrogen and oxygen atoms in total. The van der Waals surface area contributed by atoms with Crippen LogP contribution in [-0.4, -0.2) is 44.1 Å². The minimum absolute atomic E-state index is 0.219. The molecule has 134 valence electrons. The third kappa shape index (κ3) is 3.39. The molecule has 0 amide bonds. The number of pyridine rings is 1. The maximum atomic E-state index is 10.5. The summed E-state index contributed by atoms with van der Waals surface area (Å²) in [4.78, 5) is 4.32. The van der Waals surface area contributed by atoms with Crippen molar-refractivity contribution in [3.05, 3.63) is 35.7 Å². The molecule has 0 spiro atoms. The Morgan fingerprint density at radius 3 is 3.16 bits per heavy atom. The first-order valence-corrected chi connectivity index (χ1v) is 9.11. The Labute approximate surface area is 147 Å². The Balaban J connectivity index is 1.40. The largest absolute Gasteiger partial charge is 0.393 e. The summed E-state index contributed by atoms with van der Waals surface area (Å²) in [7, 11) is 0. The zero-order valence-electron chi connectivity index (χ0n) is 14.6. The third-order valence-electron chi connectivity index (χ3n) is 5.32. The fraction of sp³-hybridized carbons (Fsp3) is 0.611. The number of fused-ring (bicyclic) bond motifs is 1. The van der Waals surface area contributed by atoms with E-state index in [2.05, 4.69) is 38.1 Å².